The molecule has 0 radical (unpaired) electrons. The summed E-state index contributed by atoms with van der Waals surface area (Å²) in [7, 11) is 1.94. The molecule has 5 heteroatoms. The Kier molecular flexibility index (Phi) is 4.91. The van der Waals surface area contributed by atoms with E-state index < -0.39 is 5.41 Å². The fraction of sp³-hybridized carbons (Fsp3) is 0.269. The number of benzene rings is 3. The maximum Gasteiger partial charge on any atom is 0.235 e. The molecule has 160 valence electrons. The molecule has 1 saturated carbocycles. The molecule has 1 fully saturated rings. The Balaban J connectivity index is 0.00000245. The predicted octanol–water partition coefficient (Wildman–Crippen LogP) is 5.03. The number of anilines is 1. The number of aryl methyl sites for hydroxylation is 1. The molecule has 1 aliphatic heterocycles. The molecule has 3 aromatic carbocycles. The molecule has 0 unspecified atom stereocenters. The summed E-state index contributed by atoms with van der Waals surface area (Å²) in [4.78, 5) is 13.3. The first-order valence-corrected chi connectivity index (χ1v) is 10.7. The van der Waals surface area contributed by atoms with Crippen molar-refractivity contribution in [2.24, 2.45) is 0 Å². The number of amides is 1. The van der Waals surface area contributed by atoms with Gasteiger partial charge in [0.1, 0.15) is 0 Å². The van der Waals surface area contributed by atoms with E-state index >= 15 is 0 Å². The second-order valence-corrected chi connectivity index (χ2v) is 8.36. The first-order chi connectivity index (χ1) is 15.1. The minimum atomic E-state index is -0.485. The van der Waals surface area contributed by atoms with Gasteiger partial charge in [0.05, 0.1) is 5.41 Å². The molecular weight excluding hydrogens is 388 g/mol. The van der Waals surface area contributed by atoms with E-state index in [9.17, 15) is 4.79 Å². The SMILES string of the molecule is CNCc1ccc(-c2cc(NC(=O)C3(c4ccc5c(c4)OCO5)CC3)ccc2C)cc1.[HH]. The summed E-state index contributed by atoms with van der Waals surface area (Å²) in [5.74, 6) is 1.49. The minimum Gasteiger partial charge on any atom is -0.454 e. The van der Waals surface area contributed by atoms with Crippen LogP contribution < -0.4 is 20.1 Å². The molecule has 1 heterocycles. The minimum absolute atomic E-state index is 0. The Morgan fingerprint density at radius 3 is 2.52 bits per heavy atom. The standard InChI is InChI=1S/C26H26N2O3.H2/c1-17-3-9-21(14-22(17)19-6-4-18(5-7-19)15-27-2)28-25(29)26(11-12-26)20-8-10-23-24(13-20)31-16-30-23;/h3-10,13-14,27H,11-12,15-16H2,1-2H3,(H,28,29);1H. The van der Waals surface area contributed by atoms with Crippen LogP contribution in [0.1, 0.15) is 31.0 Å². The van der Waals surface area contributed by atoms with E-state index in [4.69, 9.17) is 9.47 Å². The Morgan fingerprint density at radius 2 is 1.77 bits per heavy atom. The molecule has 0 spiro atoms. The fourth-order valence-corrected chi connectivity index (χ4v) is 4.23. The second kappa shape index (κ2) is 7.75. The van der Waals surface area contributed by atoms with Crippen molar-refractivity contribution >= 4 is 11.6 Å². The molecule has 31 heavy (non-hydrogen) atoms. The van der Waals surface area contributed by atoms with Crippen molar-refractivity contribution in [1.82, 2.24) is 5.32 Å². The van der Waals surface area contributed by atoms with Gasteiger partial charge >= 0.3 is 0 Å². The zero-order chi connectivity index (χ0) is 21.4. The fourth-order valence-electron chi connectivity index (χ4n) is 4.23. The van der Waals surface area contributed by atoms with Crippen LogP contribution in [0.2, 0.25) is 0 Å². The molecule has 3 aromatic rings. The number of carbonyl (C=O) groups is 1. The number of carbonyl (C=O) groups excluding carboxylic acids is 1. The van der Waals surface area contributed by atoms with Gasteiger partial charge in [-0.3, -0.25) is 4.79 Å². The van der Waals surface area contributed by atoms with Gasteiger partial charge in [-0.05, 0) is 78.9 Å². The highest BCUT2D eigenvalue weighted by atomic mass is 16.7. The Morgan fingerprint density at radius 1 is 1.00 bits per heavy atom. The average Bonchev–Trinajstić information content (AvgIpc) is 3.47. The smallest absolute Gasteiger partial charge is 0.235 e. The van der Waals surface area contributed by atoms with Crippen LogP contribution in [-0.4, -0.2) is 19.7 Å². The normalized spacial score (nSPS) is 15.5. The molecule has 0 saturated heterocycles. The Bertz CT molecular complexity index is 1140. The molecule has 1 aliphatic carbocycles. The van der Waals surface area contributed by atoms with Gasteiger partial charge in [-0.25, -0.2) is 0 Å². The number of nitrogens with one attached hydrogen (secondary N) is 2. The summed E-state index contributed by atoms with van der Waals surface area (Å²) < 4.78 is 10.9. The van der Waals surface area contributed by atoms with Gasteiger partial charge in [-0.2, -0.15) is 0 Å². The van der Waals surface area contributed by atoms with E-state index in [-0.39, 0.29) is 14.1 Å². The summed E-state index contributed by atoms with van der Waals surface area (Å²) in [5.41, 5.74) is 6.01. The van der Waals surface area contributed by atoms with Crippen molar-refractivity contribution < 1.29 is 15.7 Å². The van der Waals surface area contributed by atoms with E-state index in [1.165, 1.54) is 11.1 Å². The summed E-state index contributed by atoms with van der Waals surface area (Å²) in [6.45, 7) is 3.18. The lowest BCUT2D eigenvalue weighted by atomic mass is 9.94. The van der Waals surface area contributed by atoms with Crippen LogP contribution in [0.3, 0.4) is 0 Å². The third kappa shape index (κ3) is 3.66. The highest BCUT2D eigenvalue weighted by Crippen LogP contribution is 2.51. The quantitative estimate of drug-likeness (QED) is 0.592. The summed E-state index contributed by atoms with van der Waals surface area (Å²) in [6, 6.07) is 20.5. The first-order valence-electron chi connectivity index (χ1n) is 10.7. The van der Waals surface area contributed by atoms with Gasteiger partial charge in [0, 0.05) is 13.7 Å². The van der Waals surface area contributed by atoms with Gasteiger partial charge in [-0.15, -0.1) is 0 Å². The molecule has 0 aromatic heterocycles. The van der Waals surface area contributed by atoms with Crippen molar-refractivity contribution in [2.75, 3.05) is 19.2 Å². The van der Waals surface area contributed by atoms with Crippen molar-refractivity contribution in [2.45, 2.75) is 31.7 Å². The third-order valence-corrected chi connectivity index (χ3v) is 6.25. The zero-order valence-corrected chi connectivity index (χ0v) is 17.8. The largest absolute Gasteiger partial charge is 0.454 e. The van der Waals surface area contributed by atoms with E-state index in [0.717, 1.165) is 53.3 Å². The average molecular weight is 417 g/mol. The van der Waals surface area contributed by atoms with Crippen molar-refractivity contribution in [1.29, 1.82) is 0 Å². The highest BCUT2D eigenvalue weighted by molar-refractivity contribution is 6.02. The lowest BCUT2D eigenvalue weighted by Gasteiger charge is -2.17. The van der Waals surface area contributed by atoms with Gasteiger partial charge in [0.2, 0.25) is 12.7 Å². The Labute approximate surface area is 183 Å². The lowest BCUT2D eigenvalue weighted by Crippen LogP contribution is -2.27. The predicted molar refractivity (Wildman–Crippen MR) is 124 cm³/mol. The van der Waals surface area contributed by atoms with Gasteiger partial charge < -0.3 is 20.1 Å². The molecule has 2 aliphatic rings. The van der Waals surface area contributed by atoms with Crippen LogP contribution in [0.15, 0.2) is 60.7 Å². The van der Waals surface area contributed by atoms with Crippen molar-refractivity contribution in [3.8, 4) is 22.6 Å². The third-order valence-electron chi connectivity index (χ3n) is 6.25. The maximum absolute atomic E-state index is 13.3. The number of hydrogen-bond acceptors (Lipinski definition) is 4. The van der Waals surface area contributed by atoms with Crippen LogP contribution in [-0.2, 0) is 16.8 Å². The molecule has 1 amide bonds. The van der Waals surface area contributed by atoms with E-state index in [1.807, 2.05) is 31.3 Å². The first kappa shape index (κ1) is 19.6. The summed E-state index contributed by atoms with van der Waals surface area (Å²) >= 11 is 0. The molecule has 2 N–H and O–H groups in total. The monoisotopic (exact) mass is 416 g/mol. The van der Waals surface area contributed by atoms with Crippen LogP contribution in [0.25, 0.3) is 11.1 Å². The summed E-state index contributed by atoms with van der Waals surface area (Å²) in [6.07, 6.45) is 1.67. The Hall–Kier alpha value is -3.31. The molecule has 5 rings (SSSR count). The zero-order valence-electron chi connectivity index (χ0n) is 17.8. The number of hydrogen-bond donors (Lipinski definition) is 2. The van der Waals surface area contributed by atoms with E-state index in [1.54, 1.807) is 0 Å². The second-order valence-electron chi connectivity index (χ2n) is 8.36. The molecule has 0 bridgehead atoms. The van der Waals surface area contributed by atoms with Crippen LogP contribution in [0.4, 0.5) is 5.69 Å². The van der Waals surface area contributed by atoms with Crippen LogP contribution in [0, 0.1) is 6.92 Å². The number of rotatable bonds is 6. The molecular formula is C26H28N2O3. The van der Waals surface area contributed by atoms with Crippen molar-refractivity contribution in [3.63, 3.8) is 0 Å². The molecule has 0 atom stereocenters. The number of fused-ring (bicyclic) bond motifs is 1. The van der Waals surface area contributed by atoms with Crippen LogP contribution >= 0.6 is 0 Å². The lowest BCUT2D eigenvalue weighted by molar-refractivity contribution is -0.118. The van der Waals surface area contributed by atoms with E-state index in [2.05, 4.69) is 54.0 Å². The van der Waals surface area contributed by atoms with E-state index in [0.29, 0.717) is 0 Å². The highest BCUT2D eigenvalue weighted by Gasteiger charge is 2.51. The number of ether oxygens (including phenoxy) is 2. The van der Waals surface area contributed by atoms with Crippen molar-refractivity contribution in [3.05, 3.63) is 77.4 Å². The summed E-state index contributed by atoms with van der Waals surface area (Å²) in [5, 5.41) is 6.33. The van der Waals surface area contributed by atoms with Gasteiger partial charge in [0.15, 0.2) is 11.5 Å². The van der Waals surface area contributed by atoms with Gasteiger partial charge in [0.25, 0.3) is 0 Å². The molecule has 5 nitrogen and oxygen atoms in total. The topological polar surface area (TPSA) is 59.6 Å². The van der Waals surface area contributed by atoms with Crippen LogP contribution in [0.5, 0.6) is 11.5 Å². The van der Waals surface area contributed by atoms with Gasteiger partial charge in [-0.1, -0.05) is 36.4 Å². The maximum atomic E-state index is 13.3.